The fourth-order valence-corrected chi connectivity index (χ4v) is 13.1. The van der Waals surface area contributed by atoms with Gasteiger partial charge in [-0.25, -0.2) is 0 Å². The third-order valence-electron chi connectivity index (χ3n) is 15.2. The molecular formula is C54H45BN2. The first-order valence-corrected chi connectivity index (χ1v) is 21.7. The SMILES string of the molecule is c1ccc(N2c3cccc4c3B(c3ccc5c(c3N4c3ccccc3)-c3ccccc3C53CCCCC3)c3c2ccc2c3-c3ccccc3C23CCCCC3)cc1. The maximum atomic E-state index is 2.66. The van der Waals surface area contributed by atoms with Crippen LogP contribution in [0.1, 0.15) is 86.5 Å². The van der Waals surface area contributed by atoms with Gasteiger partial charge >= 0.3 is 0 Å². The summed E-state index contributed by atoms with van der Waals surface area (Å²) < 4.78 is 0. The third kappa shape index (κ3) is 4.12. The van der Waals surface area contributed by atoms with E-state index >= 15 is 0 Å². The van der Waals surface area contributed by atoms with Crippen molar-refractivity contribution in [3.8, 4) is 22.3 Å². The number of anilines is 6. The van der Waals surface area contributed by atoms with Crippen molar-refractivity contribution in [1.29, 1.82) is 0 Å². The van der Waals surface area contributed by atoms with Gasteiger partial charge in [-0.15, -0.1) is 0 Å². The molecule has 2 spiro atoms. The molecule has 0 unspecified atom stereocenters. The summed E-state index contributed by atoms with van der Waals surface area (Å²) in [7, 11) is 0. The average molecular weight is 733 g/mol. The van der Waals surface area contributed by atoms with Crippen LogP contribution >= 0.6 is 0 Å². The number of benzene rings is 7. The van der Waals surface area contributed by atoms with E-state index < -0.39 is 0 Å². The maximum absolute atomic E-state index is 2.66. The quantitative estimate of drug-likeness (QED) is 0.163. The smallest absolute Gasteiger partial charge is 0.252 e. The Morgan fingerprint density at radius 3 is 1.49 bits per heavy atom. The van der Waals surface area contributed by atoms with Crippen molar-refractivity contribution < 1.29 is 0 Å². The van der Waals surface area contributed by atoms with Gasteiger partial charge in [-0.3, -0.25) is 0 Å². The Labute approximate surface area is 336 Å². The Kier molecular flexibility index (Phi) is 6.73. The second kappa shape index (κ2) is 11.9. The van der Waals surface area contributed by atoms with Gasteiger partial charge in [0.25, 0.3) is 6.71 Å². The summed E-state index contributed by atoms with van der Waals surface area (Å²) in [6.45, 7) is 0.0724. The minimum absolute atomic E-state index is 0.0724. The predicted molar refractivity (Wildman–Crippen MR) is 239 cm³/mol. The van der Waals surface area contributed by atoms with Crippen LogP contribution in [0.25, 0.3) is 22.3 Å². The Balaban J connectivity index is 1.18. The third-order valence-corrected chi connectivity index (χ3v) is 15.2. The van der Waals surface area contributed by atoms with E-state index in [1.54, 1.807) is 22.3 Å². The first-order valence-electron chi connectivity index (χ1n) is 21.7. The molecule has 2 fully saturated rings. The molecule has 0 radical (unpaired) electrons. The molecule has 0 aromatic heterocycles. The first-order chi connectivity index (χ1) is 28.3. The van der Waals surface area contributed by atoms with Gasteiger partial charge in [0.05, 0.1) is 0 Å². The monoisotopic (exact) mass is 732 g/mol. The molecule has 7 aromatic rings. The van der Waals surface area contributed by atoms with Crippen LogP contribution in [0.4, 0.5) is 34.1 Å². The predicted octanol–water partition coefficient (Wildman–Crippen LogP) is 12.2. The molecule has 2 aliphatic heterocycles. The number of para-hydroxylation sites is 2. The van der Waals surface area contributed by atoms with Crippen LogP contribution in [0, 0.1) is 0 Å². The molecule has 0 amide bonds. The van der Waals surface area contributed by atoms with E-state index in [-0.39, 0.29) is 17.5 Å². The van der Waals surface area contributed by atoms with Crippen molar-refractivity contribution in [2.24, 2.45) is 0 Å². The number of rotatable bonds is 2. The van der Waals surface area contributed by atoms with Gasteiger partial charge in [0.2, 0.25) is 0 Å². The van der Waals surface area contributed by atoms with Crippen molar-refractivity contribution in [3.63, 3.8) is 0 Å². The molecule has 2 nitrogen and oxygen atoms in total. The van der Waals surface area contributed by atoms with Gasteiger partial charge in [-0.05, 0) is 123 Å². The van der Waals surface area contributed by atoms with Crippen LogP contribution in [0.3, 0.4) is 0 Å². The summed E-state index contributed by atoms with van der Waals surface area (Å²) in [5.41, 5.74) is 24.3. The minimum atomic E-state index is 0.0724. The molecule has 3 heteroatoms. The molecular weight excluding hydrogens is 687 g/mol. The largest absolute Gasteiger partial charge is 0.311 e. The summed E-state index contributed by atoms with van der Waals surface area (Å²) in [6.07, 6.45) is 12.8. The van der Waals surface area contributed by atoms with E-state index in [1.807, 2.05) is 0 Å². The molecule has 2 saturated carbocycles. The summed E-state index contributed by atoms with van der Waals surface area (Å²) in [5, 5.41) is 0. The molecule has 2 heterocycles. The summed E-state index contributed by atoms with van der Waals surface area (Å²) in [4.78, 5) is 5.25. The van der Waals surface area contributed by atoms with Crippen molar-refractivity contribution in [2.45, 2.75) is 75.0 Å². The highest BCUT2D eigenvalue weighted by atomic mass is 15.2. The molecule has 4 aliphatic carbocycles. The molecule has 7 aromatic carbocycles. The lowest BCUT2D eigenvalue weighted by molar-refractivity contribution is 0.353. The van der Waals surface area contributed by atoms with Gasteiger partial charge < -0.3 is 9.80 Å². The standard InChI is InChI=1S/C54H45BN2/c1-5-18-36(19-6-1)56-45-26-17-27-46-50(45)55(51-47(56)31-29-42-48(51)38-22-9-11-24-40(38)53(42)32-13-3-14-33-53)44-30-28-43-49(52(44)57(46)37-20-7-2-8-21-37)39-23-10-12-25-41(39)54(43)34-15-4-16-35-54/h1-2,5-12,17-31H,3-4,13-16,32-35H2. The Hall–Kier alpha value is -5.80. The zero-order chi connectivity index (χ0) is 37.3. The van der Waals surface area contributed by atoms with Gasteiger partial charge in [0, 0.05) is 50.5 Å². The highest BCUT2D eigenvalue weighted by molar-refractivity contribution is 7.01. The van der Waals surface area contributed by atoms with Crippen LogP contribution < -0.4 is 26.2 Å². The fraction of sp³-hybridized carbons (Fsp3) is 0.222. The van der Waals surface area contributed by atoms with Crippen molar-refractivity contribution in [3.05, 3.63) is 174 Å². The van der Waals surface area contributed by atoms with Crippen LogP contribution in [0.5, 0.6) is 0 Å². The maximum Gasteiger partial charge on any atom is 0.252 e. The normalized spacial score (nSPS) is 18.4. The van der Waals surface area contributed by atoms with E-state index in [0.29, 0.717) is 0 Å². The molecule has 57 heavy (non-hydrogen) atoms. The molecule has 0 N–H and O–H groups in total. The molecule has 0 atom stereocenters. The second-order valence-corrected chi connectivity index (χ2v) is 17.7. The number of hydrogen-bond donors (Lipinski definition) is 0. The number of fused-ring (bicyclic) bond motifs is 16. The highest BCUT2D eigenvalue weighted by Crippen LogP contribution is 2.61. The Morgan fingerprint density at radius 1 is 0.368 bits per heavy atom. The van der Waals surface area contributed by atoms with Gasteiger partial charge in [-0.1, -0.05) is 148 Å². The van der Waals surface area contributed by atoms with Crippen LogP contribution in [0.2, 0.25) is 0 Å². The van der Waals surface area contributed by atoms with E-state index in [4.69, 9.17) is 0 Å². The van der Waals surface area contributed by atoms with E-state index in [0.717, 1.165) is 0 Å². The van der Waals surface area contributed by atoms with E-state index in [9.17, 15) is 0 Å². The molecule has 0 saturated heterocycles. The Bertz CT molecular complexity index is 2770. The molecule has 274 valence electrons. The first kappa shape index (κ1) is 32.3. The van der Waals surface area contributed by atoms with Gasteiger partial charge in [0.1, 0.15) is 0 Å². The van der Waals surface area contributed by atoms with E-state index in [1.165, 1.54) is 137 Å². The van der Waals surface area contributed by atoms with Crippen molar-refractivity contribution in [1.82, 2.24) is 0 Å². The lowest BCUT2D eigenvalue weighted by atomic mass is 9.32. The summed E-state index contributed by atoms with van der Waals surface area (Å²) >= 11 is 0. The number of nitrogens with zero attached hydrogens (tertiary/aromatic N) is 2. The highest BCUT2D eigenvalue weighted by Gasteiger charge is 2.52. The summed E-state index contributed by atoms with van der Waals surface area (Å²) in [5.74, 6) is 0. The van der Waals surface area contributed by atoms with Gasteiger partial charge in [-0.2, -0.15) is 0 Å². The molecule has 13 rings (SSSR count). The lowest BCUT2D eigenvalue weighted by Gasteiger charge is -2.46. The van der Waals surface area contributed by atoms with Crippen LogP contribution in [0.15, 0.2) is 152 Å². The van der Waals surface area contributed by atoms with Crippen LogP contribution in [-0.2, 0) is 10.8 Å². The van der Waals surface area contributed by atoms with Gasteiger partial charge in [0.15, 0.2) is 0 Å². The van der Waals surface area contributed by atoms with Crippen molar-refractivity contribution >= 4 is 57.2 Å². The van der Waals surface area contributed by atoms with Crippen LogP contribution in [-0.4, -0.2) is 6.71 Å². The fourth-order valence-electron chi connectivity index (χ4n) is 13.1. The zero-order valence-electron chi connectivity index (χ0n) is 32.5. The molecule has 0 bridgehead atoms. The summed E-state index contributed by atoms with van der Waals surface area (Å²) in [6, 6.07) is 58.8. The Morgan fingerprint density at radius 2 is 0.860 bits per heavy atom. The second-order valence-electron chi connectivity index (χ2n) is 17.7. The zero-order valence-corrected chi connectivity index (χ0v) is 32.5. The topological polar surface area (TPSA) is 6.48 Å². The lowest BCUT2D eigenvalue weighted by Crippen LogP contribution is -2.62. The molecule has 6 aliphatic rings. The van der Waals surface area contributed by atoms with E-state index in [2.05, 4.69) is 161 Å². The minimum Gasteiger partial charge on any atom is -0.311 e. The van der Waals surface area contributed by atoms with Crippen molar-refractivity contribution in [2.75, 3.05) is 9.80 Å². The number of hydrogen-bond acceptors (Lipinski definition) is 2. The average Bonchev–Trinajstić information content (AvgIpc) is 3.70.